The fourth-order valence-corrected chi connectivity index (χ4v) is 3.06. The Bertz CT molecular complexity index is 820. The Balaban J connectivity index is 2.38. The number of rotatable bonds is 1. The van der Waals surface area contributed by atoms with Gasteiger partial charge >= 0.3 is 0 Å². The van der Waals surface area contributed by atoms with E-state index in [4.69, 9.17) is 0 Å². The third-order valence-electron chi connectivity index (χ3n) is 4.13. The Morgan fingerprint density at radius 3 is 2.05 bits per heavy atom. The van der Waals surface area contributed by atoms with Gasteiger partial charge in [-0.15, -0.1) is 0 Å². The molecule has 2 aromatic carbocycles. The molecule has 0 saturated heterocycles. The fraction of sp³-hybridized carbons (Fsp3) is 0.200. The van der Waals surface area contributed by atoms with Gasteiger partial charge in [-0.05, 0) is 16.5 Å². The van der Waals surface area contributed by atoms with E-state index in [-0.39, 0.29) is 17.0 Å². The van der Waals surface area contributed by atoms with Crippen molar-refractivity contribution in [3.63, 3.8) is 0 Å². The average Bonchev–Trinajstić information content (AvgIpc) is 2.50. The molecule has 0 unspecified atom stereocenters. The monoisotopic (exact) mass is 290 g/mol. The summed E-state index contributed by atoms with van der Waals surface area (Å²) in [6.07, 6.45) is 1.63. The van der Waals surface area contributed by atoms with Crippen LogP contribution in [-0.2, 0) is 5.41 Å². The van der Waals surface area contributed by atoms with Crippen molar-refractivity contribution in [2.45, 2.75) is 26.2 Å². The molecule has 0 N–H and O–H groups in total. The van der Waals surface area contributed by atoms with E-state index in [0.717, 1.165) is 5.56 Å². The summed E-state index contributed by atoms with van der Waals surface area (Å²) < 4.78 is 0. The summed E-state index contributed by atoms with van der Waals surface area (Å²) in [7, 11) is 0. The molecule has 2 nitrogen and oxygen atoms in total. The molecule has 0 aliphatic heterocycles. The maximum absolute atomic E-state index is 13.1. The number of carbonyl (C=O) groups excluding carboxylic acids is 2. The summed E-state index contributed by atoms with van der Waals surface area (Å²) in [6.45, 7) is 9.91. The van der Waals surface area contributed by atoms with Gasteiger partial charge in [0, 0.05) is 22.3 Å². The van der Waals surface area contributed by atoms with Gasteiger partial charge in [-0.1, -0.05) is 69.8 Å². The van der Waals surface area contributed by atoms with Gasteiger partial charge in [-0.2, -0.15) is 0 Å². The molecule has 0 aromatic heterocycles. The minimum atomic E-state index is -0.206. The lowest BCUT2D eigenvalue weighted by molar-refractivity contribution is 0.0977. The van der Waals surface area contributed by atoms with Crippen LogP contribution in [0.15, 0.2) is 43.0 Å². The van der Waals surface area contributed by atoms with Crippen LogP contribution in [0.3, 0.4) is 0 Å². The van der Waals surface area contributed by atoms with Crippen LogP contribution in [-0.4, -0.2) is 11.6 Å². The highest BCUT2D eigenvalue weighted by Crippen LogP contribution is 2.36. The van der Waals surface area contributed by atoms with Crippen LogP contribution in [0.1, 0.15) is 63.7 Å². The van der Waals surface area contributed by atoms with E-state index in [0.29, 0.717) is 27.8 Å². The summed E-state index contributed by atoms with van der Waals surface area (Å²) >= 11 is 0. The highest BCUT2D eigenvalue weighted by Gasteiger charge is 2.34. The molecule has 1 aliphatic rings. The molecule has 0 amide bonds. The number of benzene rings is 2. The van der Waals surface area contributed by atoms with E-state index in [1.54, 1.807) is 24.3 Å². The van der Waals surface area contributed by atoms with Crippen molar-refractivity contribution in [3.8, 4) is 0 Å². The lowest BCUT2D eigenvalue weighted by Crippen LogP contribution is -2.27. The molecule has 0 heterocycles. The van der Waals surface area contributed by atoms with Crippen molar-refractivity contribution in [1.29, 1.82) is 0 Å². The van der Waals surface area contributed by atoms with Gasteiger partial charge in [0.15, 0.2) is 11.6 Å². The second-order valence-electron chi connectivity index (χ2n) is 6.61. The summed E-state index contributed by atoms with van der Waals surface area (Å²) in [6, 6.07) is 10.9. The third-order valence-corrected chi connectivity index (χ3v) is 4.13. The summed E-state index contributed by atoms with van der Waals surface area (Å²) in [5.74, 6) is -0.162. The second kappa shape index (κ2) is 4.77. The summed E-state index contributed by atoms with van der Waals surface area (Å²) in [5.41, 5.74) is 3.42. The van der Waals surface area contributed by atoms with Crippen molar-refractivity contribution in [2.24, 2.45) is 0 Å². The van der Waals surface area contributed by atoms with Gasteiger partial charge < -0.3 is 0 Å². The Morgan fingerprint density at radius 2 is 1.45 bits per heavy atom. The molecule has 1 aliphatic carbocycles. The Hall–Kier alpha value is -2.48. The number of hydrogen-bond acceptors (Lipinski definition) is 2. The van der Waals surface area contributed by atoms with Crippen LogP contribution in [0.5, 0.6) is 0 Å². The smallest absolute Gasteiger partial charge is 0.195 e. The first-order valence-electron chi connectivity index (χ1n) is 7.34. The SMILES string of the molecule is C=Cc1cccc2c1C(=O)c1c(cccc1C(C)(C)C)C2=O. The minimum Gasteiger partial charge on any atom is -0.289 e. The van der Waals surface area contributed by atoms with E-state index in [1.165, 1.54) is 0 Å². The topological polar surface area (TPSA) is 34.1 Å². The zero-order chi connectivity index (χ0) is 16.1. The van der Waals surface area contributed by atoms with Gasteiger partial charge in [-0.25, -0.2) is 0 Å². The van der Waals surface area contributed by atoms with Gasteiger partial charge in [0.2, 0.25) is 0 Å². The van der Waals surface area contributed by atoms with Crippen LogP contribution in [0.2, 0.25) is 0 Å². The van der Waals surface area contributed by atoms with Crippen molar-refractivity contribution < 1.29 is 9.59 Å². The number of hydrogen-bond donors (Lipinski definition) is 0. The van der Waals surface area contributed by atoms with Gasteiger partial charge in [-0.3, -0.25) is 9.59 Å². The standard InChI is InChI=1S/C20H18O2/c1-5-12-8-6-9-13-16(12)19(22)17-14(18(13)21)10-7-11-15(17)20(2,3)4/h5-11H,1H2,2-4H3. The molecule has 0 saturated carbocycles. The molecule has 22 heavy (non-hydrogen) atoms. The minimum absolute atomic E-state index is 0.0781. The second-order valence-corrected chi connectivity index (χ2v) is 6.61. The average molecular weight is 290 g/mol. The van der Waals surface area contributed by atoms with Gasteiger partial charge in [0.25, 0.3) is 0 Å². The molecule has 2 aromatic rings. The molecular weight excluding hydrogens is 272 g/mol. The molecular formula is C20H18O2. The highest BCUT2D eigenvalue weighted by molar-refractivity contribution is 6.29. The first-order chi connectivity index (χ1) is 10.4. The van der Waals surface area contributed by atoms with Crippen LogP contribution in [0, 0.1) is 0 Å². The maximum atomic E-state index is 13.1. The molecule has 0 spiro atoms. The Morgan fingerprint density at radius 1 is 0.864 bits per heavy atom. The number of ketones is 2. The van der Waals surface area contributed by atoms with E-state index in [1.807, 2.05) is 18.2 Å². The normalized spacial score (nSPS) is 13.6. The van der Waals surface area contributed by atoms with Crippen LogP contribution >= 0.6 is 0 Å². The quantitative estimate of drug-likeness (QED) is 0.665. The molecule has 110 valence electrons. The van der Waals surface area contributed by atoms with Crippen molar-refractivity contribution in [3.05, 3.63) is 76.4 Å². The first kappa shape index (κ1) is 14.5. The zero-order valence-corrected chi connectivity index (χ0v) is 13.1. The van der Waals surface area contributed by atoms with E-state index in [9.17, 15) is 9.59 Å². The highest BCUT2D eigenvalue weighted by atomic mass is 16.1. The predicted molar refractivity (Wildman–Crippen MR) is 88.5 cm³/mol. The van der Waals surface area contributed by atoms with E-state index in [2.05, 4.69) is 27.4 Å². The van der Waals surface area contributed by atoms with Crippen molar-refractivity contribution >= 4 is 17.6 Å². The number of fused-ring (bicyclic) bond motifs is 2. The third kappa shape index (κ3) is 1.95. The van der Waals surface area contributed by atoms with E-state index >= 15 is 0 Å². The largest absolute Gasteiger partial charge is 0.289 e. The zero-order valence-electron chi connectivity index (χ0n) is 13.1. The summed E-state index contributed by atoms with van der Waals surface area (Å²) in [4.78, 5) is 25.9. The Labute approximate surface area is 130 Å². The summed E-state index contributed by atoms with van der Waals surface area (Å²) in [5, 5.41) is 0. The first-order valence-corrected chi connectivity index (χ1v) is 7.34. The van der Waals surface area contributed by atoms with Crippen molar-refractivity contribution in [2.75, 3.05) is 0 Å². The fourth-order valence-electron chi connectivity index (χ4n) is 3.06. The molecule has 0 bridgehead atoms. The molecule has 2 heteroatoms. The maximum Gasteiger partial charge on any atom is 0.195 e. The van der Waals surface area contributed by atoms with Crippen LogP contribution in [0.25, 0.3) is 6.08 Å². The van der Waals surface area contributed by atoms with Gasteiger partial charge in [0.1, 0.15) is 0 Å². The predicted octanol–water partition coefficient (Wildman–Crippen LogP) is 4.40. The lowest BCUT2D eigenvalue weighted by atomic mass is 9.74. The molecule has 3 rings (SSSR count). The molecule has 0 radical (unpaired) electrons. The van der Waals surface area contributed by atoms with E-state index < -0.39 is 0 Å². The molecule has 0 fully saturated rings. The molecule has 0 atom stereocenters. The lowest BCUT2D eigenvalue weighted by Gasteiger charge is -2.27. The van der Waals surface area contributed by atoms with Crippen LogP contribution in [0.4, 0.5) is 0 Å². The van der Waals surface area contributed by atoms with Crippen molar-refractivity contribution in [1.82, 2.24) is 0 Å². The number of carbonyl (C=O) groups is 2. The van der Waals surface area contributed by atoms with Gasteiger partial charge in [0.05, 0.1) is 0 Å². The Kier molecular flexibility index (Phi) is 3.13. The van der Waals surface area contributed by atoms with Crippen LogP contribution < -0.4 is 0 Å².